The number of rotatable bonds is 7. The van der Waals surface area contributed by atoms with Crippen LogP contribution in [0.25, 0.3) is 10.2 Å². The summed E-state index contributed by atoms with van der Waals surface area (Å²) in [6.07, 6.45) is 2.07. The molecule has 30 heavy (non-hydrogen) atoms. The molecule has 0 aliphatic rings. The highest BCUT2D eigenvalue weighted by molar-refractivity contribution is 9.10. The van der Waals surface area contributed by atoms with Crippen molar-refractivity contribution in [2.45, 2.75) is 11.3 Å². The molecule has 0 bridgehead atoms. The fraction of sp³-hybridized carbons (Fsp3) is 0.0870. The maximum atomic E-state index is 13.1. The van der Waals surface area contributed by atoms with Gasteiger partial charge >= 0.3 is 0 Å². The molecule has 4 nitrogen and oxygen atoms in total. The monoisotopic (exact) mass is 495 g/mol. The van der Waals surface area contributed by atoms with Gasteiger partial charge in [-0.1, -0.05) is 75.8 Å². The summed E-state index contributed by atoms with van der Waals surface area (Å²) in [6.45, 7) is 0. The van der Waals surface area contributed by atoms with Gasteiger partial charge < -0.3 is 0 Å². The van der Waals surface area contributed by atoms with Gasteiger partial charge in [-0.2, -0.15) is 10.1 Å². The number of anilines is 1. The van der Waals surface area contributed by atoms with Crippen LogP contribution in [0.1, 0.15) is 12.0 Å². The molecule has 0 saturated carbocycles. The van der Waals surface area contributed by atoms with Crippen LogP contribution in [-0.4, -0.2) is 22.9 Å². The molecule has 0 unspecified atom stereocenters. The van der Waals surface area contributed by atoms with Gasteiger partial charge in [-0.3, -0.25) is 4.79 Å². The number of carbonyl (C=O) groups excluding carboxylic acids is 1. The molecule has 1 aromatic heterocycles. The SMILES string of the molecule is O=C(CCSc1ccccc1)N(/N=C/c1ccccc1)c1nc2ccc(Br)cc2s1. The van der Waals surface area contributed by atoms with Crippen LogP contribution in [0.4, 0.5) is 5.13 Å². The predicted molar refractivity (Wildman–Crippen MR) is 131 cm³/mol. The Hall–Kier alpha value is -2.48. The summed E-state index contributed by atoms with van der Waals surface area (Å²) >= 11 is 6.61. The quantitative estimate of drug-likeness (QED) is 0.164. The zero-order valence-electron chi connectivity index (χ0n) is 15.9. The van der Waals surface area contributed by atoms with Crippen molar-refractivity contribution in [2.24, 2.45) is 5.10 Å². The Morgan fingerprint density at radius 2 is 1.80 bits per heavy atom. The summed E-state index contributed by atoms with van der Waals surface area (Å²) in [6, 6.07) is 25.7. The molecule has 4 rings (SSSR count). The third-order valence-electron chi connectivity index (χ3n) is 4.21. The van der Waals surface area contributed by atoms with Crippen LogP contribution in [0, 0.1) is 0 Å². The smallest absolute Gasteiger partial charge is 0.250 e. The van der Waals surface area contributed by atoms with E-state index in [1.807, 2.05) is 78.9 Å². The van der Waals surface area contributed by atoms with E-state index in [1.54, 1.807) is 18.0 Å². The number of thioether (sulfide) groups is 1. The maximum absolute atomic E-state index is 13.1. The predicted octanol–water partition coefficient (Wildman–Crippen LogP) is 6.61. The standard InChI is InChI=1S/C23H18BrN3OS2/c24-18-11-12-20-21(15-18)30-23(26-20)27(25-16-17-7-3-1-4-8-17)22(28)13-14-29-19-9-5-2-6-10-19/h1-12,15-16H,13-14H2/b25-16+. The third-order valence-corrected chi connectivity index (χ3v) is 6.71. The summed E-state index contributed by atoms with van der Waals surface area (Å²) in [5.74, 6) is 0.597. The number of fused-ring (bicyclic) bond motifs is 1. The number of aromatic nitrogens is 1. The lowest BCUT2D eigenvalue weighted by Gasteiger charge is -2.13. The lowest BCUT2D eigenvalue weighted by molar-refractivity contribution is -0.118. The van der Waals surface area contributed by atoms with E-state index in [1.165, 1.54) is 16.3 Å². The van der Waals surface area contributed by atoms with Crippen molar-refractivity contribution in [3.8, 4) is 0 Å². The van der Waals surface area contributed by atoms with Crippen molar-refractivity contribution in [3.05, 3.63) is 88.9 Å². The zero-order chi connectivity index (χ0) is 20.8. The molecule has 0 N–H and O–H groups in total. The highest BCUT2D eigenvalue weighted by Gasteiger charge is 2.19. The molecule has 0 aliphatic carbocycles. The van der Waals surface area contributed by atoms with Gasteiger partial charge in [0.15, 0.2) is 0 Å². The minimum Gasteiger partial charge on any atom is -0.272 e. The van der Waals surface area contributed by atoms with Gasteiger partial charge in [-0.05, 0) is 35.9 Å². The number of benzene rings is 3. The van der Waals surface area contributed by atoms with Crippen molar-refractivity contribution >= 4 is 66.5 Å². The minimum absolute atomic E-state index is 0.0799. The fourth-order valence-corrected chi connectivity index (χ4v) is 5.09. The van der Waals surface area contributed by atoms with Crippen LogP contribution in [0.15, 0.2) is 93.3 Å². The van der Waals surface area contributed by atoms with Crippen LogP contribution < -0.4 is 5.01 Å². The number of amides is 1. The van der Waals surface area contributed by atoms with Crippen LogP contribution in [0.3, 0.4) is 0 Å². The fourth-order valence-electron chi connectivity index (χ4n) is 2.74. The molecule has 0 fully saturated rings. The Balaban J connectivity index is 1.55. The Morgan fingerprint density at radius 1 is 1.07 bits per heavy atom. The largest absolute Gasteiger partial charge is 0.272 e. The van der Waals surface area contributed by atoms with Gasteiger partial charge in [0.05, 0.1) is 16.4 Å². The molecule has 0 spiro atoms. The van der Waals surface area contributed by atoms with Gasteiger partial charge in [0.2, 0.25) is 11.0 Å². The van der Waals surface area contributed by atoms with E-state index < -0.39 is 0 Å². The number of hydrazone groups is 1. The zero-order valence-corrected chi connectivity index (χ0v) is 19.2. The molecule has 150 valence electrons. The molecule has 4 aromatic rings. The second kappa shape index (κ2) is 10.0. The molecule has 1 amide bonds. The summed E-state index contributed by atoms with van der Waals surface area (Å²) in [5.41, 5.74) is 1.78. The number of hydrogen-bond acceptors (Lipinski definition) is 5. The third kappa shape index (κ3) is 5.36. The van der Waals surface area contributed by atoms with Crippen LogP contribution in [0.2, 0.25) is 0 Å². The molecule has 7 heteroatoms. The maximum Gasteiger partial charge on any atom is 0.250 e. The summed E-state index contributed by atoms with van der Waals surface area (Å²) < 4.78 is 1.99. The van der Waals surface area contributed by atoms with Gasteiger partial charge in [-0.25, -0.2) is 4.98 Å². The van der Waals surface area contributed by atoms with Gasteiger partial charge in [0.25, 0.3) is 0 Å². The van der Waals surface area contributed by atoms with Gasteiger partial charge in [-0.15, -0.1) is 11.8 Å². The summed E-state index contributed by atoms with van der Waals surface area (Å²) in [4.78, 5) is 18.8. The first-order valence-corrected chi connectivity index (χ1v) is 11.9. The van der Waals surface area contributed by atoms with Crippen molar-refractivity contribution in [2.75, 3.05) is 10.8 Å². The van der Waals surface area contributed by atoms with E-state index in [4.69, 9.17) is 0 Å². The van der Waals surface area contributed by atoms with E-state index in [-0.39, 0.29) is 5.91 Å². The number of nitrogens with zero attached hydrogens (tertiary/aromatic N) is 3. The minimum atomic E-state index is -0.0799. The average Bonchev–Trinajstić information content (AvgIpc) is 3.18. The van der Waals surface area contributed by atoms with Crippen LogP contribution >= 0.6 is 39.0 Å². The summed E-state index contributed by atoms with van der Waals surface area (Å²) in [7, 11) is 0. The van der Waals surface area contributed by atoms with E-state index in [9.17, 15) is 4.79 Å². The first-order valence-electron chi connectivity index (χ1n) is 9.35. The van der Waals surface area contributed by atoms with Crippen molar-refractivity contribution in [3.63, 3.8) is 0 Å². The van der Waals surface area contributed by atoms with E-state index in [0.29, 0.717) is 17.3 Å². The average molecular weight is 496 g/mol. The molecule has 3 aromatic carbocycles. The Morgan fingerprint density at radius 3 is 2.57 bits per heavy atom. The highest BCUT2D eigenvalue weighted by Crippen LogP contribution is 2.31. The second-order valence-electron chi connectivity index (χ2n) is 6.38. The lowest BCUT2D eigenvalue weighted by Crippen LogP contribution is -2.25. The summed E-state index contributed by atoms with van der Waals surface area (Å²) in [5, 5.41) is 6.49. The van der Waals surface area contributed by atoms with Crippen LogP contribution in [-0.2, 0) is 4.79 Å². The molecule has 1 heterocycles. The molecular formula is C23H18BrN3OS2. The first kappa shape index (κ1) is 20.8. The molecular weight excluding hydrogens is 478 g/mol. The van der Waals surface area contributed by atoms with E-state index in [0.717, 1.165) is 25.1 Å². The van der Waals surface area contributed by atoms with Crippen LogP contribution in [0.5, 0.6) is 0 Å². The number of carbonyl (C=O) groups is 1. The molecule has 0 aliphatic heterocycles. The number of halogens is 1. The van der Waals surface area contributed by atoms with Gasteiger partial charge in [0, 0.05) is 21.5 Å². The lowest BCUT2D eigenvalue weighted by atomic mass is 10.2. The van der Waals surface area contributed by atoms with Gasteiger partial charge in [0.1, 0.15) is 0 Å². The Labute approximate surface area is 191 Å². The normalized spacial score (nSPS) is 11.2. The second-order valence-corrected chi connectivity index (χ2v) is 9.47. The Kier molecular flexibility index (Phi) is 6.94. The van der Waals surface area contributed by atoms with E-state index in [2.05, 4.69) is 26.0 Å². The topological polar surface area (TPSA) is 45.6 Å². The first-order chi connectivity index (χ1) is 14.7. The molecule has 0 saturated heterocycles. The Bertz CT molecular complexity index is 1160. The molecule has 0 radical (unpaired) electrons. The van der Waals surface area contributed by atoms with Crippen molar-refractivity contribution in [1.82, 2.24) is 4.98 Å². The molecule has 0 atom stereocenters. The van der Waals surface area contributed by atoms with Crippen molar-refractivity contribution < 1.29 is 4.79 Å². The van der Waals surface area contributed by atoms with Crippen molar-refractivity contribution in [1.29, 1.82) is 0 Å². The highest BCUT2D eigenvalue weighted by atomic mass is 79.9. The number of thiazole rings is 1. The van der Waals surface area contributed by atoms with E-state index >= 15 is 0 Å². The number of hydrogen-bond donors (Lipinski definition) is 0.